The van der Waals surface area contributed by atoms with E-state index in [2.05, 4.69) is 52.8 Å². The molecule has 27 heavy (non-hydrogen) atoms. The maximum Gasteiger partial charge on any atom is -0.00853 e. The standard InChI is InChI=1S/C27H44/c1-19(2)9-8-10-20(3)23-14-15-24-22-13-12-21-11-6-7-17-26(21,4)25(22)16-18-27(23,24)5/h8-9,12,19-20,22-25H,6-7,10-11,13-18H2,1-5H3/b9-8+/t20-,22+,23-,24+,25+,26+,27-/m1/s1. The zero-order chi connectivity index (χ0) is 19.2. The first kappa shape index (κ1) is 19.8. The molecule has 0 saturated heterocycles. The molecule has 0 aromatic rings. The molecule has 0 heterocycles. The van der Waals surface area contributed by atoms with Crippen LogP contribution < -0.4 is 0 Å². The lowest BCUT2D eigenvalue weighted by Crippen LogP contribution is -2.50. The van der Waals surface area contributed by atoms with Crippen molar-refractivity contribution in [1.82, 2.24) is 0 Å². The fraction of sp³-hybridized carbons (Fsp3) is 0.852. The molecule has 0 N–H and O–H groups in total. The SMILES string of the molecule is CC(C)/C=C/C[C@@H](C)[C@H]1CC[C@H]2[C@@H]3CC=C4CCCC[C@]4(C)[C@H]3CC[C@]12C. The molecule has 0 bridgehead atoms. The molecule has 0 nitrogen and oxygen atoms in total. The molecule has 0 aromatic carbocycles. The first-order valence-corrected chi connectivity index (χ1v) is 12.2. The van der Waals surface area contributed by atoms with Crippen LogP contribution in [0.1, 0.15) is 98.8 Å². The smallest absolute Gasteiger partial charge is 0.00853 e. The van der Waals surface area contributed by atoms with E-state index in [1.165, 1.54) is 64.2 Å². The lowest BCUT2D eigenvalue weighted by Gasteiger charge is -2.58. The summed E-state index contributed by atoms with van der Waals surface area (Å²) in [6.07, 6.45) is 22.2. The summed E-state index contributed by atoms with van der Waals surface area (Å²) >= 11 is 0. The van der Waals surface area contributed by atoms with Crippen molar-refractivity contribution in [2.75, 3.05) is 0 Å². The molecule has 0 amide bonds. The van der Waals surface area contributed by atoms with E-state index in [1.807, 2.05) is 5.57 Å². The lowest BCUT2D eigenvalue weighted by atomic mass is 9.47. The molecule has 4 aliphatic rings. The van der Waals surface area contributed by atoms with Crippen LogP contribution in [0.4, 0.5) is 0 Å². The largest absolute Gasteiger partial charge is 0.0880 e. The minimum atomic E-state index is 0.562. The zero-order valence-corrected chi connectivity index (χ0v) is 18.8. The van der Waals surface area contributed by atoms with Crippen molar-refractivity contribution in [3.8, 4) is 0 Å². The fourth-order valence-corrected chi connectivity index (χ4v) is 8.40. The summed E-state index contributed by atoms with van der Waals surface area (Å²) in [5.74, 6) is 5.47. The van der Waals surface area contributed by atoms with Gasteiger partial charge in [0.1, 0.15) is 0 Å². The van der Waals surface area contributed by atoms with E-state index < -0.39 is 0 Å². The van der Waals surface area contributed by atoms with Gasteiger partial charge in [0.15, 0.2) is 0 Å². The molecule has 0 aromatic heterocycles. The zero-order valence-electron chi connectivity index (χ0n) is 18.8. The van der Waals surface area contributed by atoms with Gasteiger partial charge in [0.2, 0.25) is 0 Å². The van der Waals surface area contributed by atoms with Crippen molar-refractivity contribution in [3.63, 3.8) is 0 Å². The summed E-state index contributed by atoms with van der Waals surface area (Å²) in [4.78, 5) is 0. The van der Waals surface area contributed by atoms with Gasteiger partial charge in [-0.25, -0.2) is 0 Å². The second kappa shape index (κ2) is 7.38. The summed E-state index contributed by atoms with van der Waals surface area (Å²) in [6, 6.07) is 0. The Morgan fingerprint density at radius 1 is 1.04 bits per heavy atom. The van der Waals surface area contributed by atoms with Crippen LogP contribution in [0.5, 0.6) is 0 Å². The molecule has 0 radical (unpaired) electrons. The van der Waals surface area contributed by atoms with Crippen molar-refractivity contribution < 1.29 is 0 Å². The summed E-state index contributed by atoms with van der Waals surface area (Å²) in [6.45, 7) is 12.5. The van der Waals surface area contributed by atoms with Crippen LogP contribution in [-0.4, -0.2) is 0 Å². The monoisotopic (exact) mass is 368 g/mol. The van der Waals surface area contributed by atoms with Crippen LogP contribution in [0.3, 0.4) is 0 Å². The Morgan fingerprint density at radius 2 is 1.85 bits per heavy atom. The number of fused-ring (bicyclic) bond motifs is 5. The minimum absolute atomic E-state index is 0.562. The van der Waals surface area contributed by atoms with Gasteiger partial charge in [0.05, 0.1) is 0 Å². The Labute approximate surface area is 169 Å². The molecular weight excluding hydrogens is 324 g/mol. The Kier molecular flexibility index (Phi) is 5.41. The topological polar surface area (TPSA) is 0 Å². The van der Waals surface area contributed by atoms with Gasteiger partial charge in [-0.1, -0.05) is 64.8 Å². The third-order valence-electron chi connectivity index (χ3n) is 9.81. The summed E-state index contributed by atoms with van der Waals surface area (Å²) < 4.78 is 0. The van der Waals surface area contributed by atoms with Gasteiger partial charge in [-0.05, 0) is 104 Å². The van der Waals surface area contributed by atoms with Crippen LogP contribution in [0, 0.1) is 46.3 Å². The maximum atomic E-state index is 2.73. The minimum Gasteiger partial charge on any atom is -0.0880 e. The van der Waals surface area contributed by atoms with E-state index in [0.29, 0.717) is 16.7 Å². The van der Waals surface area contributed by atoms with Crippen LogP contribution >= 0.6 is 0 Å². The fourth-order valence-electron chi connectivity index (χ4n) is 8.40. The Hall–Kier alpha value is -0.520. The van der Waals surface area contributed by atoms with Crippen molar-refractivity contribution in [3.05, 3.63) is 23.8 Å². The average molecular weight is 369 g/mol. The Morgan fingerprint density at radius 3 is 2.63 bits per heavy atom. The van der Waals surface area contributed by atoms with Crippen LogP contribution in [0.15, 0.2) is 23.8 Å². The second-order valence-corrected chi connectivity index (χ2v) is 11.6. The third-order valence-corrected chi connectivity index (χ3v) is 9.81. The molecule has 0 heteroatoms. The van der Waals surface area contributed by atoms with E-state index in [-0.39, 0.29) is 0 Å². The molecule has 7 atom stereocenters. The number of allylic oxidation sites excluding steroid dienone is 4. The maximum absolute atomic E-state index is 2.73. The van der Waals surface area contributed by atoms with Crippen molar-refractivity contribution in [2.24, 2.45) is 46.3 Å². The first-order valence-electron chi connectivity index (χ1n) is 12.2. The molecule has 4 aliphatic carbocycles. The molecular formula is C27H44. The molecule has 0 unspecified atom stereocenters. The number of hydrogen-bond donors (Lipinski definition) is 0. The van der Waals surface area contributed by atoms with Crippen LogP contribution in [0.2, 0.25) is 0 Å². The van der Waals surface area contributed by atoms with Gasteiger partial charge in [-0.3, -0.25) is 0 Å². The highest BCUT2D eigenvalue weighted by molar-refractivity contribution is 5.24. The molecule has 3 saturated carbocycles. The van der Waals surface area contributed by atoms with Gasteiger partial charge < -0.3 is 0 Å². The predicted molar refractivity (Wildman–Crippen MR) is 118 cm³/mol. The third kappa shape index (κ3) is 3.28. The Balaban J connectivity index is 1.52. The van der Waals surface area contributed by atoms with E-state index in [9.17, 15) is 0 Å². The number of rotatable bonds is 4. The molecule has 152 valence electrons. The Bertz CT molecular complexity index is 595. The molecule has 0 aliphatic heterocycles. The lowest BCUT2D eigenvalue weighted by molar-refractivity contribution is -0.0491. The normalized spacial score (nSPS) is 45.3. The predicted octanol–water partition coefficient (Wildman–Crippen LogP) is 8.19. The quantitative estimate of drug-likeness (QED) is 0.439. The summed E-state index contributed by atoms with van der Waals surface area (Å²) in [5.41, 5.74) is 3.04. The highest BCUT2D eigenvalue weighted by atomic mass is 14.6. The van der Waals surface area contributed by atoms with Crippen LogP contribution in [0.25, 0.3) is 0 Å². The first-order chi connectivity index (χ1) is 12.9. The van der Waals surface area contributed by atoms with Gasteiger partial charge >= 0.3 is 0 Å². The van der Waals surface area contributed by atoms with Crippen molar-refractivity contribution in [2.45, 2.75) is 98.8 Å². The summed E-state index contributed by atoms with van der Waals surface area (Å²) in [7, 11) is 0. The summed E-state index contributed by atoms with van der Waals surface area (Å²) in [5, 5.41) is 0. The highest BCUT2D eigenvalue weighted by Crippen LogP contribution is 2.67. The van der Waals surface area contributed by atoms with Crippen molar-refractivity contribution in [1.29, 1.82) is 0 Å². The number of hydrogen-bond acceptors (Lipinski definition) is 0. The molecule has 0 spiro atoms. The second-order valence-electron chi connectivity index (χ2n) is 11.6. The highest BCUT2D eigenvalue weighted by Gasteiger charge is 2.58. The van der Waals surface area contributed by atoms with Gasteiger partial charge in [-0.15, -0.1) is 0 Å². The molecule has 4 rings (SSSR count). The van der Waals surface area contributed by atoms with Gasteiger partial charge in [-0.2, -0.15) is 0 Å². The van der Waals surface area contributed by atoms with E-state index in [0.717, 1.165) is 29.6 Å². The van der Waals surface area contributed by atoms with Gasteiger partial charge in [0.25, 0.3) is 0 Å². The van der Waals surface area contributed by atoms with E-state index in [1.54, 1.807) is 0 Å². The van der Waals surface area contributed by atoms with Gasteiger partial charge in [0, 0.05) is 0 Å². The van der Waals surface area contributed by atoms with E-state index >= 15 is 0 Å². The molecule has 3 fully saturated rings. The van der Waals surface area contributed by atoms with Crippen LogP contribution in [-0.2, 0) is 0 Å². The average Bonchev–Trinajstić information content (AvgIpc) is 2.98. The van der Waals surface area contributed by atoms with E-state index in [4.69, 9.17) is 0 Å². The van der Waals surface area contributed by atoms with Crippen molar-refractivity contribution >= 4 is 0 Å².